The zero-order valence-electron chi connectivity index (χ0n) is 17.1. The molecule has 2 heterocycles. The van der Waals surface area contributed by atoms with Crippen LogP contribution in [-0.4, -0.2) is 37.9 Å². The van der Waals surface area contributed by atoms with Gasteiger partial charge in [0.1, 0.15) is 13.3 Å². The van der Waals surface area contributed by atoms with Crippen molar-refractivity contribution in [1.82, 2.24) is 4.31 Å². The molecule has 1 amide bonds. The van der Waals surface area contributed by atoms with Gasteiger partial charge in [0.25, 0.3) is 0 Å². The van der Waals surface area contributed by atoms with Crippen molar-refractivity contribution >= 4 is 21.8 Å². The Hall–Kier alpha value is -2.45. The van der Waals surface area contributed by atoms with Crippen molar-refractivity contribution in [3.63, 3.8) is 0 Å². The van der Waals surface area contributed by atoms with Crippen LogP contribution in [0.4, 0.5) is 14.9 Å². The van der Waals surface area contributed by atoms with Gasteiger partial charge in [-0.05, 0) is 49.4 Å². The van der Waals surface area contributed by atoms with Gasteiger partial charge in [0, 0.05) is 24.7 Å². The van der Waals surface area contributed by atoms with Gasteiger partial charge in [0.15, 0.2) is 0 Å². The Kier molecular flexibility index (Phi) is 5.55. The first-order chi connectivity index (χ1) is 14.3. The van der Waals surface area contributed by atoms with Crippen LogP contribution in [0.15, 0.2) is 41.3 Å². The molecule has 1 fully saturated rings. The minimum Gasteiger partial charge on any atom is -0.444 e. The van der Waals surface area contributed by atoms with Crippen molar-refractivity contribution in [3.05, 3.63) is 58.7 Å². The number of amides is 1. The van der Waals surface area contributed by atoms with Crippen LogP contribution >= 0.6 is 0 Å². The summed E-state index contributed by atoms with van der Waals surface area (Å²) in [6.45, 7) is 3.65. The van der Waals surface area contributed by atoms with Crippen molar-refractivity contribution in [2.75, 3.05) is 18.0 Å². The molecule has 0 spiro atoms. The van der Waals surface area contributed by atoms with Gasteiger partial charge >= 0.3 is 6.09 Å². The van der Waals surface area contributed by atoms with Gasteiger partial charge in [-0.2, -0.15) is 4.31 Å². The highest BCUT2D eigenvalue weighted by atomic mass is 32.2. The lowest BCUT2D eigenvalue weighted by Gasteiger charge is -2.40. The number of aryl methyl sites for hydroxylation is 2. The van der Waals surface area contributed by atoms with Gasteiger partial charge in [-0.15, -0.1) is 0 Å². The number of fused-ring (bicyclic) bond motifs is 1. The SMILES string of the molecule is Cc1cc(CF)cc(C)c1S(=O)(=O)N1CCC(N2C(=O)OCc3ccccc32)CC1. The normalized spacial score (nSPS) is 18.2. The van der Waals surface area contributed by atoms with Gasteiger partial charge in [-0.1, -0.05) is 30.3 Å². The molecule has 2 aliphatic rings. The molecule has 2 aliphatic heterocycles. The molecule has 0 unspecified atom stereocenters. The Labute approximate surface area is 176 Å². The predicted octanol–water partition coefficient (Wildman–Crippen LogP) is 4.08. The van der Waals surface area contributed by atoms with E-state index in [0.29, 0.717) is 42.6 Å². The summed E-state index contributed by atoms with van der Waals surface area (Å²) in [6.07, 6.45) is 0.649. The van der Waals surface area contributed by atoms with E-state index in [0.717, 1.165) is 11.3 Å². The average Bonchev–Trinajstić information content (AvgIpc) is 2.73. The van der Waals surface area contributed by atoms with E-state index in [-0.39, 0.29) is 23.6 Å². The van der Waals surface area contributed by atoms with Crippen LogP contribution in [0.25, 0.3) is 0 Å². The monoisotopic (exact) mass is 432 g/mol. The number of hydrogen-bond donors (Lipinski definition) is 0. The number of cyclic esters (lactones) is 1. The van der Waals surface area contributed by atoms with Gasteiger partial charge in [-0.25, -0.2) is 17.6 Å². The second-order valence-corrected chi connectivity index (χ2v) is 9.76. The van der Waals surface area contributed by atoms with Crippen LogP contribution in [0.1, 0.15) is 35.1 Å². The fourth-order valence-corrected chi connectivity index (χ4v) is 6.40. The van der Waals surface area contributed by atoms with E-state index in [2.05, 4.69) is 0 Å². The number of sulfonamides is 1. The molecule has 0 aliphatic carbocycles. The van der Waals surface area contributed by atoms with Crippen molar-refractivity contribution in [1.29, 1.82) is 0 Å². The predicted molar refractivity (Wildman–Crippen MR) is 112 cm³/mol. The minimum atomic E-state index is -3.70. The molecule has 160 valence electrons. The minimum absolute atomic E-state index is 0.124. The van der Waals surface area contributed by atoms with E-state index < -0.39 is 16.7 Å². The molecule has 0 atom stereocenters. The Balaban J connectivity index is 1.55. The van der Waals surface area contributed by atoms with E-state index >= 15 is 0 Å². The van der Waals surface area contributed by atoms with Crippen LogP contribution in [0.3, 0.4) is 0 Å². The van der Waals surface area contributed by atoms with Crippen LogP contribution in [-0.2, 0) is 28.0 Å². The number of rotatable bonds is 4. The lowest BCUT2D eigenvalue weighted by Crippen LogP contribution is -2.50. The standard InChI is InChI=1S/C22H25FN2O4S/c1-15-11-17(13-23)12-16(2)21(15)30(27,28)24-9-7-19(8-10-24)25-20-6-4-3-5-18(20)14-29-22(25)26/h3-6,11-12,19H,7-10,13-14H2,1-2H3. The van der Waals surface area contributed by atoms with Crippen molar-refractivity contribution in [2.45, 2.75) is 50.9 Å². The summed E-state index contributed by atoms with van der Waals surface area (Å²) in [5, 5.41) is 0. The second-order valence-electron chi connectivity index (χ2n) is 7.88. The molecule has 0 radical (unpaired) electrons. The highest BCUT2D eigenvalue weighted by Gasteiger charge is 2.37. The van der Waals surface area contributed by atoms with Crippen molar-refractivity contribution in [3.8, 4) is 0 Å². The summed E-state index contributed by atoms with van der Waals surface area (Å²) < 4.78 is 46.4. The zero-order valence-corrected chi connectivity index (χ0v) is 17.9. The number of piperidine rings is 1. The molecule has 6 nitrogen and oxygen atoms in total. The molecule has 4 rings (SSSR count). The maximum atomic E-state index is 13.3. The van der Waals surface area contributed by atoms with Crippen LogP contribution < -0.4 is 4.90 Å². The topological polar surface area (TPSA) is 66.9 Å². The van der Waals surface area contributed by atoms with Gasteiger partial charge in [0.05, 0.1) is 10.6 Å². The van der Waals surface area contributed by atoms with Crippen LogP contribution in [0, 0.1) is 13.8 Å². The Morgan fingerprint density at radius 2 is 1.73 bits per heavy atom. The lowest BCUT2D eigenvalue weighted by molar-refractivity contribution is 0.136. The van der Waals surface area contributed by atoms with Crippen molar-refractivity contribution in [2.24, 2.45) is 0 Å². The first kappa shape index (κ1) is 20.8. The Bertz CT molecular complexity index is 1060. The third-order valence-electron chi connectivity index (χ3n) is 5.86. The quantitative estimate of drug-likeness (QED) is 0.730. The summed E-state index contributed by atoms with van der Waals surface area (Å²) in [5.74, 6) is 0. The van der Waals surface area contributed by atoms with E-state index in [9.17, 15) is 17.6 Å². The molecule has 2 aromatic rings. The number of nitrogens with zero attached hydrogens (tertiary/aromatic N) is 2. The number of ether oxygens (including phenoxy) is 1. The first-order valence-corrected chi connectivity index (χ1v) is 11.5. The van der Waals surface area contributed by atoms with Gasteiger partial charge < -0.3 is 4.74 Å². The number of carbonyl (C=O) groups is 1. The molecule has 0 N–H and O–H groups in total. The number of alkyl halides is 1. The molecular weight excluding hydrogens is 407 g/mol. The fraction of sp³-hybridized carbons (Fsp3) is 0.409. The van der Waals surface area contributed by atoms with E-state index in [1.165, 1.54) is 4.31 Å². The summed E-state index contributed by atoms with van der Waals surface area (Å²) in [5.41, 5.74) is 3.37. The molecule has 30 heavy (non-hydrogen) atoms. The fourth-order valence-electron chi connectivity index (χ4n) is 4.51. The van der Waals surface area contributed by atoms with Crippen LogP contribution in [0.2, 0.25) is 0 Å². The molecule has 1 saturated heterocycles. The Morgan fingerprint density at radius 1 is 1.10 bits per heavy atom. The summed E-state index contributed by atoms with van der Waals surface area (Å²) in [6, 6.07) is 10.7. The Morgan fingerprint density at radius 3 is 2.37 bits per heavy atom. The summed E-state index contributed by atoms with van der Waals surface area (Å²) in [7, 11) is -3.70. The number of anilines is 1. The third-order valence-corrected chi connectivity index (χ3v) is 8.06. The molecule has 0 aromatic heterocycles. The summed E-state index contributed by atoms with van der Waals surface area (Å²) >= 11 is 0. The van der Waals surface area contributed by atoms with E-state index in [4.69, 9.17) is 4.74 Å². The third kappa shape index (κ3) is 3.58. The molecule has 2 aromatic carbocycles. The highest BCUT2D eigenvalue weighted by molar-refractivity contribution is 7.89. The molecule has 8 heteroatoms. The molecule has 0 bridgehead atoms. The summed E-state index contributed by atoms with van der Waals surface area (Å²) in [4.78, 5) is 14.4. The second kappa shape index (κ2) is 8.00. The highest BCUT2D eigenvalue weighted by Crippen LogP contribution is 2.33. The number of hydrogen-bond acceptors (Lipinski definition) is 4. The first-order valence-electron chi connectivity index (χ1n) is 10.0. The zero-order chi connectivity index (χ0) is 21.5. The van der Waals surface area contributed by atoms with Crippen molar-refractivity contribution < 1.29 is 22.3 Å². The van der Waals surface area contributed by atoms with E-state index in [1.54, 1.807) is 30.9 Å². The number of benzene rings is 2. The average molecular weight is 433 g/mol. The maximum absolute atomic E-state index is 13.3. The molecular formula is C22H25FN2O4S. The van der Waals surface area contributed by atoms with Gasteiger partial charge in [-0.3, -0.25) is 4.90 Å². The molecule has 0 saturated carbocycles. The van der Waals surface area contributed by atoms with Gasteiger partial charge in [0.2, 0.25) is 10.0 Å². The number of carbonyl (C=O) groups excluding carboxylic acids is 1. The number of para-hydroxylation sites is 1. The smallest absolute Gasteiger partial charge is 0.414 e. The lowest BCUT2D eigenvalue weighted by atomic mass is 10.0. The number of halogens is 1. The van der Waals surface area contributed by atoms with Crippen LogP contribution in [0.5, 0.6) is 0 Å². The van der Waals surface area contributed by atoms with E-state index in [1.807, 2.05) is 24.3 Å². The largest absolute Gasteiger partial charge is 0.444 e. The maximum Gasteiger partial charge on any atom is 0.414 e.